The van der Waals surface area contributed by atoms with E-state index in [-0.39, 0.29) is 42.3 Å². The molecule has 3 aromatic carbocycles. The van der Waals surface area contributed by atoms with Gasteiger partial charge in [-0.05, 0) is 104 Å². The molecule has 14 nitrogen and oxygen atoms in total. The number of carbonyl (C=O) groups is 3. The fraction of sp³-hybridized carbons (Fsp3) is 0.400. The number of fused-ring (bicyclic) bond motifs is 2. The maximum Gasteiger partial charge on any atom is 0.301 e. The van der Waals surface area contributed by atoms with Gasteiger partial charge in [-0.2, -0.15) is 12.7 Å². The van der Waals surface area contributed by atoms with E-state index in [1.807, 2.05) is 18.2 Å². The number of benzene rings is 3. The maximum atomic E-state index is 15.8. The van der Waals surface area contributed by atoms with Gasteiger partial charge in [0.25, 0.3) is 5.91 Å². The van der Waals surface area contributed by atoms with Crippen molar-refractivity contribution in [1.82, 2.24) is 29.4 Å². The number of H-pyrrole nitrogens is 1. The Labute approximate surface area is 392 Å². The number of hydrogen-bond acceptors (Lipinski definition) is 9. The fourth-order valence-corrected chi connectivity index (χ4v) is 12.6. The summed E-state index contributed by atoms with van der Waals surface area (Å²) >= 11 is 0. The molecule has 2 amide bonds. The van der Waals surface area contributed by atoms with Crippen LogP contribution in [0.5, 0.6) is 0 Å². The Balaban J connectivity index is 0.681. The van der Waals surface area contributed by atoms with Gasteiger partial charge in [0.1, 0.15) is 23.7 Å². The summed E-state index contributed by atoms with van der Waals surface area (Å²) in [6, 6.07) is 17.3. The smallest absolute Gasteiger partial charge is 0.301 e. The third kappa shape index (κ3) is 8.08. The topological polar surface area (TPSA) is 154 Å². The van der Waals surface area contributed by atoms with E-state index in [9.17, 15) is 27.2 Å². The number of piperidine rings is 2. The standard InChI is InChI=1S/C50H52F3N9O5S/c1-30-2-11-43(48(64)56-30)62-25-34-20-37(7-8-38(34)49(62)65)59-16-12-31(13-17-59)24-58-27-50(28-58)15-19-60(29-50)36-5-3-32(4-6-36)33-21-39-40(23-55-47(39)54-22-33)46(63)44-41(52)9-10-42(45(44)53)57-68(66,67)61-18-14-35(51)26-61/h3-10,20-23,31,35,43,57H,1-2,11-19,24-29H2,(H,54,55)(H,56,64)/t35-,43?/m1/s1. The number of anilines is 3. The Bertz CT molecular complexity index is 2990. The summed E-state index contributed by atoms with van der Waals surface area (Å²) in [7, 11) is -4.35. The molecule has 5 saturated heterocycles. The minimum Gasteiger partial charge on any atom is -0.372 e. The van der Waals surface area contributed by atoms with E-state index in [0.717, 1.165) is 104 Å². The van der Waals surface area contributed by atoms with E-state index in [4.69, 9.17) is 0 Å². The Kier molecular flexibility index (Phi) is 11.1. The Hall–Kier alpha value is -6.24. The quantitative estimate of drug-likeness (QED) is 0.124. The second-order valence-electron chi connectivity index (χ2n) is 19.5. The van der Waals surface area contributed by atoms with Crippen molar-refractivity contribution in [1.29, 1.82) is 0 Å². The minimum atomic E-state index is -4.35. The summed E-state index contributed by atoms with van der Waals surface area (Å²) in [6.45, 7) is 11.0. The first-order valence-corrected chi connectivity index (χ1v) is 24.8. The highest BCUT2D eigenvalue weighted by Gasteiger charge is 2.48. The van der Waals surface area contributed by atoms with E-state index in [0.29, 0.717) is 53.2 Å². The van der Waals surface area contributed by atoms with Crippen LogP contribution in [0.4, 0.5) is 30.2 Å². The van der Waals surface area contributed by atoms with E-state index >= 15 is 8.78 Å². The summed E-state index contributed by atoms with van der Waals surface area (Å²) in [6.07, 6.45) is 6.28. The van der Waals surface area contributed by atoms with E-state index in [1.54, 1.807) is 17.2 Å². The average Bonchev–Trinajstić information content (AvgIpc) is 4.13. The zero-order chi connectivity index (χ0) is 47.1. The van der Waals surface area contributed by atoms with Crippen LogP contribution in [0.15, 0.2) is 85.3 Å². The number of aromatic amines is 1. The summed E-state index contributed by atoms with van der Waals surface area (Å²) in [5.41, 5.74) is 5.22. The predicted molar refractivity (Wildman–Crippen MR) is 252 cm³/mol. The molecule has 2 atom stereocenters. The highest BCUT2D eigenvalue weighted by Crippen LogP contribution is 2.43. The molecule has 0 saturated carbocycles. The highest BCUT2D eigenvalue weighted by atomic mass is 32.2. The van der Waals surface area contributed by atoms with Crippen molar-refractivity contribution in [3.63, 3.8) is 0 Å². The second-order valence-corrected chi connectivity index (χ2v) is 21.2. The van der Waals surface area contributed by atoms with Crippen molar-refractivity contribution < 1.29 is 36.0 Å². The number of allylic oxidation sites excluding steroid dienone is 1. The highest BCUT2D eigenvalue weighted by molar-refractivity contribution is 7.90. The number of likely N-dealkylation sites (tertiary alicyclic amines) is 1. The van der Waals surface area contributed by atoms with Gasteiger partial charge in [0.2, 0.25) is 11.7 Å². The molecule has 3 N–H and O–H groups in total. The van der Waals surface area contributed by atoms with E-state index in [2.05, 4.69) is 65.6 Å². The zero-order valence-corrected chi connectivity index (χ0v) is 38.3. The number of nitrogens with zero attached hydrogens (tertiary/aromatic N) is 6. The molecule has 5 fully saturated rings. The number of rotatable bonds is 11. The van der Waals surface area contributed by atoms with Crippen molar-refractivity contribution in [3.05, 3.63) is 119 Å². The van der Waals surface area contributed by atoms with Crippen LogP contribution in [-0.4, -0.2) is 121 Å². The van der Waals surface area contributed by atoms with Crippen molar-refractivity contribution >= 4 is 55.9 Å². The molecule has 1 spiro atoms. The van der Waals surface area contributed by atoms with Gasteiger partial charge in [0.05, 0.1) is 11.3 Å². The molecule has 0 radical (unpaired) electrons. The third-order valence-corrected chi connectivity index (χ3v) is 16.5. The van der Waals surface area contributed by atoms with Gasteiger partial charge >= 0.3 is 10.2 Å². The average molecular weight is 948 g/mol. The van der Waals surface area contributed by atoms with Gasteiger partial charge in [-0.1, -0.05) is 18.7 Å². The van der Waals surface area contributed by atoms with Gasteiger partial charge in [-0.3, -0.25) is 19.1 Å². The fourth-order valence-electron chi connectivity index (χ4n) is 11.3. The molecule has 6 aliphatic heterocycles. The van der Waals surface area contributed by atoms with Gasteiger partial charge in [-0.25, -0.2) is 18.2 Å². The summed E-state index contributed by atoms with van der Waals surface area (Å²) < 4.78 is 73.3. The SMILES string of the molecule is C=C1CCC(N2Cc3cc(N4CCC(CN5CC6(CCN(c7ccc(-c8cnc9[nH]cc(C(=O)c%10c(F)ccc(NS(=O)(=O)N%11CC[C@@H](F)C%11)c%10F)c9c8)cc7)C6)C5)CC4)ccc3C2=O)C(=O)N1. The largest absolute Gasteiger partial charge is 0.372 e. The van der Waals surface area contributed by atoms with Crippen molar-refractivity contribution in [2.75, 3.05) is 73.4 Å². The van der Waals surface area contributed by atoms with Gasteiger partial charge in [-0.15, -0.1) is 0 Å². The van der Waals surface area contributed by atoms with Crippen molar-refractivity contribution in [2.24, 2.45) is 11.3 Å². The molecule has 0 bridgehead atoms. The van der Waals surface area contributed by atoms with Gasteiger partial charge in [0.15, 0.2) is 5.82 Å². The number of nitrogens with one attached hydrogen (secondary N) is 3. The number of amides is 2. The molecule has 1 unspecified atom stereocenters. The summed E-state index contributed by atoms with van der Waals surface area (Å²) in [5.74, 6) is -3.12. The molecule has 8 heterocycles. The lowest BCUT2D eigenvalue weighted by Crippen LogP contribution is -2.58. The molecule has 2 aromatic heterocycles. The lowest BCUT2D eigenvalue weighted by atomic mass is 9.78. The number of aromatic nitrogens is 2. The molecule has 18 heteroatoms. The number of alkyl halides is 1. The van der Waals surface area contributed by atoms with Crippen LogP contribution >= 0.6 is 0 Å². The number of carbonyl (C=O) groups excluding carboxylic acids is 3. The van der Waals surface area contributed by atoms with Gasteiger partial charge in [0, 0.05) is 122 Å². The van der Waals surface area contributed by atoms with Crippen LogP contribution in [0.2, 0.25) is 0 Å². The normalized spacial score (nSPS) is 22.3. The number of ketones is 1. The van der Waals surface area contributed by atoms with E-state index in [1.165, 1.54) is 6.20 Å². The second kappa shape index (κ2) is 17.1. The number of hydrogen-bond donors (Lipinski definition) is 3. The van der Waals surface area contributed by atoms with E-state index < -0.39 is 51.1 Å². The molecule has 11 rings (SSSR count). The summed E-state index contributed by atoms with van der Waals surface area (Å²) in [5, 5.41) is 3.16. The van der Waals surface area contributed by atoms with Crippen molar-refractivity contribution in [3.8, 4) is 11.1 Å². The first-order chi connectivity index (χ1) is 32.7. The Morgan fingerprint density at radius 3 is 2.43 bits per heavy atom. The van der Waals surface area contributed by atoms with Crippen LogP contribution in [0.3, 0.4) is 0 Å². The first-order valence-electron chi connectivity index (χ1n) is 23.4. The molecule has 5 aromatic rings. The maximum absolute atomic E-state index is 15.8. The van der Waals surface area contributed by atoms with Crippen LogP contribution in [0.1, 0.15) is 70.4 Å². The molecular formula is C50H52F3N9O5S. The first kappa shape index (κ1) is 44.3. The number of halogens is 3. The molecule has 354 valence electrons. The number of pyridine rings is 1. The Morgan fingerprint density at radius 1 is 0.897 bits per heavy atom. The monoisotopic (exact) mass is 947 g/mol. The summed E-state index contributed by atoms with van der Waals surface area (Å²) in [4.78, 5) is 56.3. The molecular weight excluding hydrogens is 896 g/mol. The van der Waals surface area contributed by atoms with Crippen LogP contribution in [0.25, 0.3) is 22.2 Å². The molecule has 68 heavy (non-hydrogen) atoms. The van der Waals surface area contributed by atoms with Crippen LogP contribution < -0.4 is 19.8 Å². The Morgan fingerprint density at radius 2 is 1.68 bits per heavy atom. The lowest BCUT2D eigenvalue weighted by molar-refractivity contribution is -0.126. The predicted octanol–water partition coefficient (Wildman–Crippen LogP) is 6.62. The van der Waals surface area contributed by atoms with Crippen LogP contribution in [-0.2, 0) is 21.5 Å². The van der Waals surface area contributed by atoms with Crippen molar-refractivity contribution in [2.45, 2.75) is 57.3 Å². The zero-order valence-electron chi connectivity index (χ0n) is 37.4. The van der Waals surface area contributed by atoms with Crippen LogP contribution in [0, 0.1) is 23.0 Å². The minimum absolute atomic E-state index is 0.00819. The van der Waals surface area contributed by atoms with Gasteiger partial charge < -0.3 is 29.9 Å². The lowest BCUT2D eigenvalue weighted by Gasteiger charge is -2.50. The molecule has 0 aliphatic carbocycles. The third-order valence-electron chi connectivity index (χ3n) is 15.0. The molecule has 6 aliphatic rings.